The Morgan fingerprint density at radius 1 is 1.20 bits per heavy atom. The molecule has 0 spiro atoms. The van der Waals surface area contributed by atoms with Gasteiger partial charge in [0.2, 0.25) is 0 Å². The van der Waals surface area contributed by atoms with Gasteiger partial charge in [-0.25, -0.2) is 15.0 Å². The fourth-order valence-corrected chi connectivity index (χ4v) is 2.22. The Kier molecular flexibility index (Phi) is 3.03. The molecule has 1 fully saturated rings. The summed E-state index contributed by atoms with van der Waals surface area (Å²) in [5, 5.41) is 37.9. The molecule has 20 heavy (non-hydrogen) atoms. The van der Waals surface area contributed by atoms with Crippen LogP contribution in [0.5, 0.6) is 0 Å². The van der Waals surface area contributed by atoms with Crippen molar-refractivity contribution in [3.05, 3.63) is 12.7 Å². The third-order valence-corrected chi connectivity index (χ3v) is 3.23. The molecule has 0 aromatic carbocycles. The van der Waals surface area contributed by atoms with Crippen LogP contribution in [0.15, 0.2) is 12.7 Å². The molecule has 0 radical (unpaired) electrons. The number of nitrogens with two attached hydrogens (primary N) is 1. The number of imidazole rings is 1. The van der Waals surface area contributed by atoms with Crippen LogP contribution in [0.3, 0.4) is 0 Å². The molecule has 1 aliphatic heterocycles. The van der Waals surface area contributed by atoms with E-state index in [4.69, 9.17) is 20.7 Å². The van der Waals surface area contributed by atoms with Crippen LogP contribution in [0.4, 0.5) is 5.82 Å². The van der Waals surface area contributed by atoms with E-state index in [2.05, 4.69) is 15.0 Å². The lowest BCUT2D eigenvalue weighted by Gasteiger charge is -2.16. The summed E-state index contributed by atoms with van der Waals surface area (Å²) in [5.74, 6) is 0.167. The van der Waals surface area contributed by atoms with E-state index in [0.717, 1.165) is 0 Å². The smallest absolute Gasteiger partial charge is 0.181 e. The second kappa shape index (κ2) is 4.61. The van der Waals surface area contributed by atoms with Crippen molar-refractivity contribution in [1.29, 1.82) is 0 Å². The molecule has 4 atom stereocenters. The molecule has 1 aliphatic rings. The second-order valence-corrected chi connectivity index (χ2v) is 4.47. The van der Waals surface area contributed by atoms with Gasteiger partial charge in [-0.3, -0.25) is 4.57 Å². The van der Waals surface area contributed by atoms with Crippen molar-refractivity contribution >= 4 is 17.0 Å². The number of aliphatic hydroxyl groups excluding tert-OH is 3. The summed E-state index contributed by atoms with van der Waals surface area (Å²) in [6.07, 6.45) is -4.57. The number of hydrogen-bond donors (Lipinski definition) is 5. The van der Waals surface area contributed by atoms with E-state index in [1.165, 1.54) is 17.2 Å². The molecule has 0 amide bonds. The minimum atomic E-state index is -1.92. The number of hydrogen-bond acceptors (Lipinski definition) is 9. The van der Waals surface area contributed by atoms with Crippen LogP contribution in [0.25, 0.3) is 11.2 Å². The largest absolute Gasteiger partial charge is 0.387 e. The molecule has 1 saturated heterocycles. The Balaban J connectivity index is 2.02. The molecule has 3 heterocycles. The van der Waals surface area contributed by atoms with Crippen molar-refractivity contribution in [2.45, 2.75) is 30.8 Å². The van der Waals surface area contributed by atoms with E-state index in [9.17, 15) is 10.2 Å². The zero-order valence-electron chi connectivity index (χ0n) is 10.1. The van der Waals surface area contributed by atoms with E-state index in [0.29, 0.717) is 11.2 Å². The molecule has 10 nitrogen and oxygen atoms in total. The second-order valence-electron chi connectivity index (χ2n) is 4.47. The first-order valence-corrected chi connectivity index (χ1v) is 5.81. The summed E-state index contributed by atoms with van der Waals surface area (Å²) in [4.78, 5) is 11.8. The molecule has 1 unspecified atom stereocenters. The Labute approximate surface area is 112 Å². The molecular formula is C10H13N5O5. The Hall–Kier alpha value is -1.85. The highest BCUT2D eigenvalue weighted by atomic mass is 16.6. The van der Waals surface area contributed by atoms with E-state index in [1.807, 2.05) is 0 Å². The van der Waals surface area contributed by atoms with Crippen LogP contribution < -0.4 is 5.73 Å². The van der Waals surface area contributed by atoms with Crippen molar-refractivity contribution < 1.29 is 25.2 Å². The van der Waals surface area contributed by atoms with Gasteiger partial charge in [0, 0.05) is 0 Å². The van der Waals surface area contributed by atoms with Crippen molar-refractivity contribution in [2.24, 2.45) is 0 Å². The standard InChI is InChI=1S/C10H13N5O5/c11-7-3-8(13-1-12-7)15(2-14-3)9-5(17)4(16)6(20-9)10(18)19/h1-2,4-6,9-10,16-19H,(H2,11,12,13)/t4-,5-,6-,9?/m1/s1. The third-order valence-electron chi connectivity index (χ3n) is 3.23. The number of nitrogen functional groups attached to an aromatic ring is 1. The van der Waals surface area contributed by atoms with Gasteiger partial charge in [-0.15, -0.1) is 0 Å². The lowest BCUT2D eigenvalue weighted by molar-refractivity contribution is -0.167. The zero-order valence-corrected chi connectivity index (χ0v) is 10.1. The Morgan fingerprint density at radius 3 is 2.60 bits per heavy atom. The van der Waals surface area contributed by atoms with Crippen molar-refractivity contribution in [3.8, 4) is 0 Å². The lowest BCUT2D eigenvalue weighted by atomic mass is 10.1. The summed E-state index contributed by atoms with van der Waals surface area (Å²) in [5.41, 5.74) is 6.28. The van der Waals surface area contributed by atoms with Gasteiger partial charge in [-0.05, 0) is 0 Å². The average Bonchev–Trinajstić information content (AvgIpc) is 2.94. The summed E-state index contributed by atoms with van der Waals surface area (Å²) >= 11 is 0. The molecule has 2 aromatic heterocycles. The molecule has 0 saturated carbocycles. The van der Waals surface area contributed by atoms with E-state index in [1.54, 1.807) is 0 Å². The fourth-order valence-electron chi connectivity index (χ4n) is 2.22. The van der Waals surface area contributed by atoms with Crippen molar-refractivity contribution in [1.82, 2.24) is 19.5 Å². The van der Waals surface area contributed by atoms with Crippen LogP contribution in [0, 0.1) is 0 Å². The third kappa shape index (κ3) is 1.82. The van der Waals surface area contributed by atoms with Gasteiger partial charge in [0.1, 0.15) is 30.2 Å². The maximum atomic E-state index is 9.96. The highest BCUT2D eigenvalue weighted by Crippen LogP contribution is 2.32. The van der Waals surface area contributed by atoms with Gasteiger partial charge in [0.15, 0.2) is 24.0 Å². The molecule has 6 N–H and O–H groups in total. The molecule has 108 valence electrons. The van der Waals surface area contributed by atoms with Gasteiger partial charge >= 0.3 is 0 Å². The van der Waals surface area contributed by atoms with Crippen LogP contribution in [0.1, 0.15) is 6.23 Å². The molecule has 0 bridgehead atoms. The molecule has 0 aliphatic carbocycles. The van der Waals surface area contributed by atoms with Crippen molar-refractivity contribution in [2.75, 3.05) is 5.73 Å². The summed E-state index contributed by atoms with van der Waals surface area (Å²) in [7, 11) is 0. The van der Waals surface area contributed by atoms with Crippen LogP contribution in [-0.2, 0) is 4.74 Å². The number of aliphatic hydroxyl groups is 4. The molecule has 2 aromatic rings. The SMILES string of the molecule is Nc1ncnc2c1ncn2C1O[C@@H](C(O)O)[C@H](O)[C@H]1O. The topological polar surface area (TPSA) is 160 Å². The van der Waals surface area contributed by atoms with Gasteiger partial charge in [-0.1, -0.05) is 0 Å². The zero-order chi connectivity index (χ0) is 14.4. The average molecular weight is 283 g/mol. The Morgan fingerprint density at radius 2 is 1.95 bits per heavy atom. The minimum absolute atomic E-state index is 0.167. The highest BCUT2D eigenvalue weighted by molar-refractivity contribution is 5.81. The van der Waals surface area contributed by atoms with Crippen molar-refractivity contribution in [3.63, 3.8) is 0 Å². The van der Waals surface area contributed by atoms with Crippen LogP contribution in [-0.4, -0.2) is 64.5 Å². The predicted octanol–water partition coefficient (Wildman–Crippen LogP) is -2.66. The Bertz CT molecular complexity index is 632. The van der Waals surface area contributed by atoms with Gasteiger partial charge < -0.3 is 30.9 Å². The number of nitrogens with zero attached hydrogens (tertiary/aromatic N) is 4. The predicted molar refractivity (Wildman–Crippen MR) is 63.9 cm³/mol. The van der Waals surface area contributed by atoms with E-state index >= 15 is 0 Å². The number of aromatic nitrogens is 4. The molecule has 3 rings (SSSR count). The summed E-state index contributed by atoms with van der Waals surface area (Å²) < 4.78 is 6.61. The molecule has 10 heteroatoms. The fraction of sp³-hybridized carbons (Fsp3) is 0.500. The maximum absolute atomic E-state index is 9.96. The van der Waals surface area contributed by atoms with E-state index < -0.39 is 30.8 Å². The number of ether oxygens (including phenoxy) is 1. The number of anilines is 1. The van der Waals surface area contributed by atoms with Gasteiger partial charge in [0.05, 0.1) is 6.33 Å². The minimum Gasteiger partial charge on any atom is -0.387 e. The first kappa shape index (κ1) is 13.1. The van der Waals surface area contributed by atoms with Crippen LogP contribution in [0.2, 0.25) is 0 Å². The van der Waals surface area contributed by atoms with Gasteiger partial charge in [-0.2, -0.15) is 0 Å². The van der Waals surface area contributed by atoms with Crippen LogP contribution >= 0.6 is 0 Å². The summed E-state index contributed by atoms with van der Waals surface area (Å²) in [6.45, 7) is 0. The summed E-state index contributed by atoms with van der Waals surface area (Å²) in [6, 6.07) is 0. The van der Waals surface area contributed by atoms with E-state index in [-0.39, 0.29) is 5.82 Å². The molecular weight excluding hydrogens is 270 g/mol. The quantitative estimate of drug-likeness (QED) is 0.370. The highest BCUT2D eigenvalue weighted by Gasteiger charge is 2.47. The normalized spacial score (nSPS) is 30.4. The number of fused-ring (bicyclic) bond motifs is 1. The first-order valence-electron chi connectivity index (χ1n) is 5.81. The number of rotatable bonds is 2. The van der Waals surface area contributed by atoms with Gasteiger partial charge in [0.25, 0.3) is 0 Å². The lowest BCUT2D eigenvalue weighted by Crippen LogP contribution is -2.38. The maximum Gasteiger partial charge on any atom is 0.181 e. The monoisotopic (exact) mass is 283 g/mol. The first-order chi connectivity index (χ1) is 9.50.